The number of H-pyrrole nitrogens is 2. The molecule has 2 heterocycles. The van der Waals surface area contributed by atoms with E-state index in [-0.39, 0.29) is 23.3 Å². The third kappa shape index (κ3) is 5.57. The van der Waals surface area contributed by atoms with Crippen LogP contribution in [0.25, 0.3) is 21.8 Å². The Morgan fingerprint density at radius 1 is 0.711 bits per heavy atom. The molecule has 8 nitrogen and oxygen atoms in total. The summed E-state index contributed by atoms with van der Waals surface area (Å²) in [7, 11) is 0. The summed E-state index contributed by atoms with van der Waals surface area (Å²) in [5, 5.41) is 22.1. The lowest BCUT2D eigenvalue weighted by Gasteiger charge is -2.42. The number of carbonyl (C=O) groups excluding carboxylic acids is 2. The number of aryl methyl sites for hydroxylation is 2. The predicted octanol–water partition coefficient (Wildman–Crippen LogP) is 7.56. The maximum absolute atomic E-state index is 13.4. The molecule has 2 aliphatic rings. The first-order valence-corrected chi connectivity index (χ1v) is 16.7. The van der Waals surface area contributed by atoms with E-state index < -0.39 is 29.6 Å². The van der Waals surface area contributed by atoms with Crippen molar-refractivity contribution in [1.82, 2.24) is 9.97 Å². The largest absolute Gasteiger partial charge is 0.508 e. The molecular formula is C37H46N2O6. The Labute approximate surface area is 264 Å². The highest BCUT2D eigenvalue weighted by Gasteiger charge is 2.44. The average Bonchev–Trinajstić information content (AvgIpc) is 3.59. The Bertz CT molecular complexity index is 1600. The number of ether oxygens (including phenoxy) is 2. The van der Waals surface area contributed by atoms with Gasteiger partial charge < -0.3 is 29.7 Å². The second-order valence-electron chi connectivity index (χ2n) is 13.2. The molecule has 0 bridgehead atoms. The van der Waals surface area contributed by atoms with Crippen molar-refractivity contribution in [3.8, 4) is 11.5 Å². The molecule has 8 heteroatoms. The van der Waals surface area contributed by atoms with Crippen molar-refractivity contribution in [2.24, 2.45) is 11.8 Å². The van der Waals surface area contributed by atoms with Gasteiger partial charge in [-0.25, -0.2) is 0 Å². The summed E-state index contributed by atoms with van der Waals surface area (Å²) in [4.78, 5) is 33.8. The number of esters is 2. The number of nitrogens with one attached hydrogen (secondary N) is 2. The van der Waals surface area contributed by atoms with E-state index in [1.54, 1.807) is 12.1 Å². The molecule has 0 spiro atoms. The van der Waals surface area contributed by atoms with Crippen molar-refractivity contribution < 1.29 is 29.3 Å². The van der Waals surface area contributed by atoms with Gasteiger partial charge >= 0.3 is 11.9 Å². The molecule has 4 N–H and O–H groups in total. The highest BCUT2D eigenvalue weighted by molar-refractivity contribution is 5.91. The number of hydrogen-bond donors (Lipinski definition) is 4. The molecule has 0 fully saturated rings. The van der Waals surface area contributed by atoms with Gasteiger partial charge in [-0.2, -0.15) is 0 Å². The van der Waals surface area contributed by atoms with E-state index in [4.69, 9.17) is 9.47 Å². The molecule has 240 valence electrons. The fourth-order valence-corrected chi connectivity index (χ4v) is 8.49. The fraction of sp³-hybridized carbons (Fsp3) is 0.514. The van der Waals surface area contributed by atoms with Gasteiger partial charge in [0.05, 0.1) is 0 Å². The highest BCUT2D eigenvalue weighted by Crippen LogP contribution is 2.43. The minimum absolute atomic E-state index is 0.113. The minimum Gasteiger partial charge on any atom is -0.508 e. The molecule has 0 aliphatic heterocycles. The van der Waals surface area contributed by atoms with Crippen LogP contribution in [0, 0.1) is 11.8 Å². The van der Waals surface area contributed by atoms with Crippen LogP contribution >= 0.6 is 0 Å². The summed E-state index contributed by atoms with van der Waals surface area (Å²) in [6.07, 6.45) is 7.11. The second-order valence-corrected chi connectivity index (χ2v) is 13.2. The first kappa shape index (κ1) is 31.1. The maximum atomic E-state index is 13.4. The van der Waals surface area contributed by atoms with E-state index in [9.17, 15) is 19.8 Å². The number of aromatic nitrogens is 2. The van der Waals surface area contributed by atoms with Crippen molar-refractivity contribution in [2.45, 2.75) is 110 Å². The topological polar surface area (TPSA) is 125 Å². The number of phenols is 2. The van der Waals surface area contributed by atoms with E-state index in [1.165, 1.54) is 11.1 Å². The zero-order valence-corrected chi connectivity index (χ0v) is 26.9. The molecule has 4 aromatic rings. The molecule has 0 amide bonds. The Balaban J connectivity index is 1.13. The third-order valence-corrected chi connectivity index (χ3v) is 11.1. The monoisotopic (exact) mass is 614 g/mol. The van der Waals surface area contributed by atoms with Crippen molar-refractivity contribution >= 4 is 33.7 Å². The molecular weight excluding hydrogens is 568 g/mol. The van der Waals surface area contributed by atoms with E-state index >= 15 is 0 Å². The third-order valence-electron chi connectivity index (χ3n) is 11.1. The fourth-order valence-electron chi connectivity index (χ4n) is 8.49. The first-order valence-electron chi connectivity index (χ1n) is 16.7. The second kappa shape index (κ2) is 12.1. The summed E-state index contributed by atoms with van der Waals surface area (Å²) in [5.41, 5.74) is 5.37. The molecule has 0 saturated heterocycles. The number of hydrogen-bond acceptors (Lipinski definition) is 6. The lowest BCUT2D eigenvalue weighted by atomic mass is 9.73. The van der Waals surface area contributed by atoms with Crippen LogP contribution in [-0.4, -0.2) is 43.3 Å². The van der Waals surface area contributed by atoms with Crippen LogP contribution in [-0.2, 0) is 44.7 Å². The molecule has 0 radical (unpaired) electrons. The van der Waals surface area contributed by atoms with Gasteiger partial charge in [-0.15, -0.1) is 0 Å². The van der Waals surface area contributed by atoms with Gasteiger partial charge in [0.1, 0.15) is 29.1 Å². The molecule has 6 rings (SSSR count). The van der Waals surface area contributed by atoms with E-state index in [0.717, 1.165) is 71.7 Å². The summed E-state index contributed by atoms with van der Waals surface area (Å²) < 4.78 is 12.5. The normalized spacial score (nSPS) is 18.5. The van der Waals surface area contributed by atoms with Crippen LogP contribution in [0.15, 0.2) is 36.4 Å². The van der Waals surface area contributed by atoms with Gasteiger partial charge in [0.15, 0.2) is 0 Å². The number of rotatable bonds is 10. The van der Waals surface area contributed by atoms with Crippen molar-refractivity contribution in [3.05, 3.63) is 58.9 Å². The van der Waals surface area contributed by atoms with E-state index in [0.29, 0.717) is 25.7 Å². The number of aromatic amines is 2. The summed E-state index contributed by atoms with van der Waals surface area (Å²) in [5.74, 6) is -0.322. The number of phenolic OH excluding ortho intramolecular Hbond substituents is 2. The van der Waals surface area contributed by atoms with Gasteiger partial charge in [0.25, 0.3) is 0 Å². The van der Waals surface area contributed by atoms with Crippen LogP contribution in [0.5, 0.6) is 11.5 Å². The summed E-state index contributed by atoms with van der Waals surface area (Å²) in [6.45, 7) is 8.21. The van der Waals surface area contributed by atoms with Gasteiger partial charge in [-0.05, 0) is 112 Å². The van der Waals surface area contributed by atoms with Crippen molar-refractivity contribution in [2.75, 3.05) is 0 Å². The van der Waals surface area contributed by atoms with Gasteiger partial charge in [0.2, 0.25) is 0 Å². The van der Waals surface area contributed by atoms with Gasteiger partial charge in [0, 0.05) is 45.0 Å². The van der Waals surface area contributed by atoms with Crippen LogP contribution in [0.1, 0.15) is 95.2 Å². The number of carbonyl (C=O) groups is 2. The SMILES string of the molecule is CCC(CC)(OC(=O)CC(=O)OC(CC)(CC)C1CCc2c([nH]c3ccc(O)cc23)C1)C1CCc2c([nH]c3ccc(O)cc23)C1. The average molecular weight is 615 g/mol. The number of benzene rings is 2. The first-order chi connectivity index (χ1) is 21.6. The van der Waals surface area contributed by atoms with E-state index in [1.807, 2.05) is 24.3 Å². The molecule has 45 heavy (non-hydrogen) atoms. The Kier molecular flexibility index (Phi) is 8.35. The molecule has 2 aromatic carbocycles. The lowest BCUT2D eigenvalue weighted by molar-refractivity contribution is -0.180. The van der Waals surface area contributed by atoms with Crippen LogP contribution < -0.4 is 0 Å². The Morgan fingerprint density at radius 2 is 1.11 bits per heavy atom. The molecule has 2 atom stereocenters. The Hall–Kier alpha value is -3.94. The zero-order valence-electron chi connectivity index (χ0n) is 26.9. The zero-order chi connectivity index (χ0) is 31.9. The quantitative estimate of drug-likeness (QED) is 0.108. The summed E-state index contributed by atoms with van der Waals surface area (Å²) >= 11 is 0. The van der Waals surface area contributed by atoms with E-state index in [2.05, 4.69) is 37.7 Å². The standard InChI is InChI=1S/C37H46N2O6/c1-5-36(6-2,22-9-13-26-28-19-24(40)11-15-30(28)38-32(26)17-22)44-34(42)21-35(43)45-37(7-3,8-4)23-10-14-27-29-20-25(41)12-16-31(29)39-33(27)18-23/h11-12,15-16,19-20,22-23,38-41H,5-10,13-14,17-18,21H2,1-4H3. The lowest BCUT2D eigenvalue weighted by Crippen LogP contribution is -2.46. The van der Waals surface area contributed by atoms with Crippen LogP contribution in [0.2, 0.25) is 0 Å². The molecule has 2 aliphatic carbocycles. The molecule has 0 saturated carbocycles. The smallest absolute Gasteiger partial charge is 0.317 e. The van der Waals surface area contributed by atoms with Crippen molar-refractivity contribution in [1.29, 1.82) is 0 Å². The predicted molar refractivity (Wildman–Crippen MR) is 174 cm³/mol. The summed E-state index contributed by atoms with van der Waals surface area (Å²) in [6, 6.07) is 10.8. The van der Waals surface area contributed by atoms with Crippen LogP contribution in [0.4, 0.5) is 0 Å². The highest BCUT2D eigenvalue weighted by atomic mass is 16.6. The Morgan fingerprint density at radius 3 is 1.49 bits per heavy atom. The number of aromatic hydroxyl groups is 2. The molecule has 2 aromatic heterocycles. The molecule has 2 unspecified atom stereocenters. The minimum atomic E-state index is -0.676. The van der Waals surface area contributed by atoms with Crippen molar-refractivity contribution in [3.63, 3.8) is 0 Å². The maximum Gasteiger partial charge on any atom is 0.317 e. The van der Waals surface area contributed by atoms with Gasteiger partial charge in [-0.3, -0.25) is 9.59 Å². The van der Waals surface area contributed by atoms with Gasteiger partial charge in [-0.1, -0.05) is 27.7 Å². The van der Waals surface area contributed by atoms with Crippen LogP contribution in [0.3, 0.4) is 0 Å². The number of fused-ring (bicyclic) bond motifs is 6.